The minimum absolute atomic E-state index is 0.154. The molecule has 0 aliphatic carbocycles. The monoisotopic (exact) mass is 358 g/mol. The minimum Gasteiger partial charge on any atom is -0.491 e. The summed E-state index contributed by atoms with van der Waals surface area (Å²) in [4.78, 5) is 0. The van der Waals surface area contributed by atoms with Crippen molar-refractivity contribution >= 4 is 34.8 Å². The van der Waals surface area contributed by atoms with Gasteiger partial charge >= 0.3 is 0 Å². The molecule has 0 aromatic heterocycles. The van der Waals surface area contributed by atoms with E-state index < -0.39 is 6.29 Å². The summed E-state index contributed by atoms with van der Waals surface area (Å²) in [5.74, 6) is 0.738. The van der Waals surface area contributed by atoms with Crippen molar-refractivity contribution in [1.82, 2.24) is 0 Å². The van der Waals surface area contributed by atoms with Crippen LogP contribution in [0.1, 0.15) is 11.9 Å². The second-order valence-corrected chi connectivity index (χ2v) is 6.20. The maximum atomic E-state index is 5.99. The molecule has 1 saturated heterocycles. The Kier molecular flexibility index (Phi) is 5.11. The highest BCUT2D eigenvalue weighted by molar-refractivity contribution is 6.34. The van der Waals surface area contributed by atoms with Crippen LogP contribution in [-0.2, 0) is 9.47 Å². The fourth-order valence-electron chi connectivity index (χ4n) is 2.14. The molecule has 2 atom stereocenters. The predicted octanol–water partition coefficient (Wildman–Crippen LogP) is 5.14. The van der Waals surface area contributed by atoms with Crippen LogP contribution in [0.25, 0.3) is 0 Å². The Morgan fingerprint density at radius 3 is 2.32 bits per heavy atom. The van der Waals surface area contributed by atoms with E-state index in [9.17, 15) is 0 Å². The van der Waals surface area contributed by atoms with Gasteiger partial charge in [-0.1, -0.05) is 34.8 Å². The molecule has 0 amide bonds. The van der Waals surface area contributed by atoms with Crippen LogP contribution < -0.4 is 4.74 Å². The molecule has 22 heavy (non-hydrogen) atoms. The van der Waals surface area contributed by atoms with Crippen LogP contribution in [0.3, 0.4) is 0 Å². The Labute approximate surface area is 143 Å². The number of benzene rings is 2. The molecule has 2 unspecified atom stereocenters. The summed E-state index contributed by atoms with van der Waals surface area (Å²) >= 11 is 17.8. The van der Waals surface area contributed by atoms with Crippen molar-refractivity contribution in [2.45, 2.75) is 12.4 Å². The van der Waals surface area contributed by atoms with E-state index in [1.54, 1.807) is 30.3 Å². The maximum Gasteiger partial charge on any atom is 0.184 e. The van der Waals surface area contributed by atoms with Gasteiger partial charge in [0.05, 0.1) is 6.61 Å². The first-order valence-electron chi connectivity index (χ1n) is 6.71. The molecule has 1 aliphatic heterocycles. The zero-order valence-corrected chi connectivity index (χ0v) is 13.7. The fourth-order valence-corrected chi connectivity index (χ4v) is 2.81. The SMILES string of the molecule is Clc1ccc(OCC2COC(c3cc(Cl)cc(Cl)c3)O2)cc1. The predicted molar refractivity (Wildman–Crippen MR) is 87.0 cm³/mol. The Balaban J connectivity index is 1.57. The van der Waals surface area contributed by atoms with Crippen molar-refractivity contribution in [2.24, 2.45) is 0 Å². The summed E-state index contributed by atoms with van der Waals surface area (Å²) in [7, 11) is 0. The van der Waals surface area contributed by atoms with Gasteiger partial charge in [0.15, 0.2) is 6.29 Å². The van der Waals surface area contributed by atoms with Gasteiger partial charge in [-0.25, -0.2) is 0 Å². The molecule has 0 spiro atoms. The lowest BCUT2D eigenvalue weighted by atomic mass is 10.2. The standard InChI is InChI=1S/C16H13Cl3O3/c17-11-1-3-14(4-2-11)20-8-15-9-21-16(22-15)10-5-12(18)7-13(19)6-10/h1-7,15-16H,8-9H2. The van der Waals surface area contributed by atoms with Crippen LogP contribution in [0.2, 0.25) is 15.1 Å². The maximum absolute atomic E-state index is 5.99. The van der Waals surface area contributed by atoms with Gasteiger partial charge in [-0.3, -0.25) is 0 Å². The van der Waals surface area contributed by atoms with E-state index in [1.807, 2.05) is 12.1 Å². The van der Waals surface area contributed by atoms with Crippen molar-refractivity contribution in [2.75, 3.05) is 13.2 Å². The Morgan fingerprint density at radius 1 is 0.955 bits per heavy atom. The molecular weight excluding hydrogens is 347 g/mol. The lowest BCUT2D eigenvalue weighted by Gasteiger charge is -2.13. The van der Waals surface area contributed by atoms with E-state index in [0.717, 1.165) is 11.3 Å². The zero-order chi connectivity index (χ0) is 15.5. The number of halogens is 3. The average molecular weight is 360 g/mol. The topological polar surface area (TPSA) is 27.7 Å². The molecule has 2 aromatic rings. The largest absolute Gasteiger partial charge is 0.491 e. The molecule has 1 aliphatic rings. The molecule has 116 valence electrons. The quantitative estimate of drug-likeness (QED) is 0.756. The van der Waals surface area contributed by atoms with Crippen LogP contribution in [0, 0.1) is 0 Å². The second kappa shape index (κ2) is 7.07. The van der Waals surface area contributed by atoms with Gasteiger partial charge in [0.1, 0.15) is 18.5 Å². The Hall–Kier alpha value is -0.970. The van der Waals surface area contributed by atoms with Crippen LogP contribution in [0.5, 0.6) is 5.75 Å². The van der Waals surface area contributed by atoms with Crippen LogP contribution in [0.4, 0.5) is 0 Å². The summed E-state index contributed by atoms with van der Waals surface area (Å²) in [6, 6.07) is 12.4. The van der Waals surface area contributed by atoms with E-state index in [-0.39, 0.29) is 6.10 Å². The molecular formula is C16H13Cl3O3. The smallest absolute Gasteiger partial charge is 0.184 e. The third-order valence-electron chi connectivity index (χ3n) is 3.16. The number of hydrogen-bond donors (Lipinski definition) is 0. The van der Waals surface area contributed by atoms with E-state index in [1.165, 1.54) is 0 Å². The van der Waals surface area contributed by atoms with Crippen LogP contribution >= 0.6 is 34.8 Å². The number of ether oxygens (including phenoxy) is 3. The molecule has 3 rings (SSSR count). The second-order valence-electron chi connectivity index (χ2n) is 4.89. The van der Waals surface area contributed by atoms with Gasteiger partial charge in [-0.2, -0.15) is 0 Å². The zero-order valence-electron chi connectivity index (χ0n) is 11.5. The minimum atomic E-state index is -0.477. The van der Waals surface area contributed by atoms with Gasteiger partial charge in [-0.05, 0) is 42.5 Å². The first-order chi connectivity index (χ1) is 10.6. The number of hydrogen-bond acceptors (Lipinski definition) is 3. The third kappa shape index (κ3) is 4.06. The van der Waals surface area contributed by atoms with E-state index >= 15 is 0 Å². The van der Waals surface area contributed by atoms with E-state index in [4.69, 9.17) is 49.0 Å². The highest BCUT2D eigenvalue weighted by Gasteiger charge is 2.28. The van der Waals surface area contributed by atoms with Gasteiger partial charge in [-0.15, -0.1) is 0 Å². The van der Waals surface area contributed by atoms with Gasteiger partial charge in [0, 0.05) is 20.6 Å². The summed E-state index contributed by atoms with van der Waals surface area (Å²) in [5, 5.41) is 1.77. The molecule has 0 N–H and O–H groups in total. The average Bonchev–Trinajstić information content (AvgIpc) is 2.95. The van der Waals surface area contributed by atoms with E-state index in [0.29, 0.717) is 28.3 Å². The molecule has 0 radical (unpaired) electrons. The molecule has 1 fully saturated rings. The summed E-state index contributed by atoms with van der Waals surface area (Å²) in [5.41, 5.74) is 0.798. The summed E-state index contributed by atoms with van der Waals surface area (Å²) in [6.07, 6.45) is -0.631. The normalized spacial score (nSPS) is 21.0. The Morgan fingerprint density at radius 2 is 1.64 bits per heavy atom. The van der Waals surface area contributed by atoms with Crippen molar-refractivity contribution < 1.29 is 14.2 Å². The summed E-state index contributed by atoms with van der Waals surface area (Å²) in [6.45, 7) is 0.842. The van der Waals surface area contributed by atoms with E-state index in [2.05, 4.69) is 0 Å². The van der Waals surface area contributed by atoms with Gasteiger partial charge in [0.2, 0.25) is 0 Å². The molecule has 1 heterocycles. The van der Waals surface area contributed by atoms with Crippen molar-refractivity contribution in [3.8, 4) is 5.75 Å². The first kappa shape index (κ1) is 15.9. The lowest BCUT2D eigenvalue weighted by Crippen LogP contribution is -2.19. The van der Waals surface area contributed by atoms with Crippen LogP contribution in [-0.4, -0.2) is 19.3 Å². The van der Waals surface area contributed by atoms with Crippen LogP contribution in [0.15, 0.2) is 42.5 Å². The van der Waals surface area contributed by atoms with Crippen molar-refractivity contribution in [3.63, 3.8) is 0 Å². The van der Waals surface area contributed by atoms with Gasteiger partial charge in [0.25, 0.3) is 0 Å². The first-order valence-corrected chi connectivity index (χ1v) is 7.85. The molecule has 0 saturated carbocycles. The molecule has 2 aromatic carbocycles. The molecule has 3 nitrogen and oxygen atoms in total. The van der Waals surface area contributed by atoms with Crippen molar-refractivity contribution in [1.29, 1.82) is 0 Å². The fraction of sp³-hybridized carbons (Fsp3) is 0.250. The Bertz CT molecular complexity index is 625. The highest BCUT2D eigenvalue weighted by Crippen LogP contribution is 2.31. The number of rotatable bonds is 4. The summed E-state index contributed by atoms with van der Waals surface area (Å²) < 4.78 is 17.1. The molecule has 0 bridgehead atoms. The highest BCUT2D eigenvalue weighted by atomic mass is 35.5. The third-order valence-corrected chi connectivity index (χ3v) is 3.84. The lowest BCUT2D eigenvalue weighted by molar-refractivity contribution is -0.0659. The van der Waals surface area contributed by atoms with Gasteiger partial charge < -0.3 is 14.2 Å². The van der Waals surface area contributed by atoms with Crippen molar-refractivity contribution in [3.05, 3.63) is 63.1 Å². The molecule has 6 heteroatoms.